The van der Waals surface area contributed by atoms with Crippen LogP contribution in [-0.4, -0.2) is 41.7 Å². The number of rotatable bonds is 14. The van der Waals surface area contributed by atoms with Gasteiger partial charge in [0.05, 0.1) is 23.9 Å². The molecule has 3 rings (SSSR count). The van der Waals surface area contributed by atoms with Gasteiger partial charge in [0, 0.05) is 42.6 Å². The van der Waals surface area contributed by atoms with Gasteiger partial charge in [0.15, 0.2) is 12.1 Å². The molecule has 9 nitrogen and oxygen atoms in total. The van der Waals surface area contributed by atoms with Crippen LogP contribution in [0.1, 0.15) is 55.8 Å². The third kappa shape index (κ3) is 8.07. The summed E-state index contributed by atoms with van der Waals surface area (Å²) in [6.07, 6.45) is 1.65. The molecule has 0 bridgehead atoms. The Morgan fingerprint density at radius 3 is 2.63 bits per heavy atom. The molecular formula is C25H31F4N7O2. The molecule has 206 valence electrons. The van der Waals surface area contributed by atoms with Crippen LogP contribution in [0.15, 0.2) is 47.2 Å². The fourth-order valence-corrected chi connectivity index (χ4v) is 3.73. The number of hydrogen-bond acceptors (Lipinski definition) is 7. The van der Waals surface area contributed by atoms with Crippen molar-refractivity contribution in [3.05, 3.63) is 59.2 Å². The first-order chi connectivity index (χ1) is 18.2. The molecule has 0 radical (unpaired) electrons. The number of benzene rings is 1. The first kappa shape index (κ1) is 28.7. The van der Waals surface area contributed by atoms with E-state index in [4.69, 9.17) is 16.3 Å². The number of aromatic nitrogens is 2. The lowest BCUT2D eigenvalue weighted by Crippen LogP contribution is -2.25. The largest absolute Gasteiger partial charge is 0.493 e. The number of carbonyl (C=O) groups excluding carboxylic acids is 1. The van der Waals surface area contributed by atoms with E-state index in [1.54, 1.807) is 36.1 Å². The topological polar surface area (TPSA) is 133 Å². The summed E-state index contributed by atoms with van der Waals surface area (Å²) in [7, 11) is 1.59. The summed E-state index contributed by atoms with van der Waals surface area (Å²) >= 11 is 0. The van der Waals surface area contributed by atoms with E-state index in [1.165, 1.54) is 12.1 Å². The number of hydrazine groups is 1. The number of nitrogens with zero attached hydrogens (tertiary/aromatic N) is 3. The van der Waals surface area contributed by atoms with Crippen LogP contribution in [0.5, 0.6) is 5.75 Å². The molecule has 1 aliphatic rings. The summed E-state index contributed by atoms with van der Waals surface area (Å²) in [5, 5.41) is 11.2. The number of carbonyl (C=O) groups is 1. The molecule has 0 aliphatic heterocycles. The molecule has 13 heteroatoms. The first-order valence-electron chi connectivity index (χ1n) is 12.1. The SMILES string of the molecule is CN\C(=C/C(=C(C=O)/C(N)=N/NN)c1ccn(C2CC2)n1)c1ccc(OCCCCCC(F)(F)F)cc1F. The number of nitrogens with one attached hydrogen (secondary N) is 2. The molecule has 38 heavy (non-hydrogen) atoms. The summed E-state index contributed by atoms with van der Waals surface area (Å²) in [6, 6.07) is 6.27. The summed E-state index contributed by atoms with van der Waals surface area (Å²) in [4.78, 5) is 12.0. The lowest BCUT2D eigenvalue weighted by molar-refractivity contribution is -0.135. The van der Waals surface area contributed by atoms with Crippen molar-refractivity contribution < 1.29 is 27.1 Å². The highest BCUT2D eigenvalue weighted by atomic mass is 19.4. The number of amidine groups is 1. The van der Waals surface area contributed by atoms with Crippen LogP contribution in [0.2, 0.25) is 0 Å². The molecule has 1 heterocycles. The molecule has 6 N–H and O–H groups in total. The van der Waals surface area contributed by atoms with Crippen molar-refractivity contribution >= 4 is 23.4 Å². The van der Waals surface area contributed by atoms with Gasteiger partial charge < -0.3 is 15.8 Å². The van der Waals surface area contributed by atoms with Crippen LogP contribution in [0.25, 0.3) is 11.3 Å². The van der Waals surface area contributed by atoms with Crippen molar-refractivity contribution in [1.82, 2.24) is 20.6 Å². The van der Waals surface area contributed by atoms with E-state index in [0.717, 1.165) is 12.8 Å². The van der Waals surface area contributed by atoms with Crippen LogP contribution >= 0.6 is 0 Å². The average Bonchev–Trinajstić information content (AvgIpc) is 3.60. The van der Waals surface area contributed by atoms with E-state index in [2.05, 4.69) is 21.1 Å². The van der Waals surface area contributed by atoms with Crippen LogP contribution in [0.3, 0.4) is 0 Å². The minimum atomic E-state index is -4.17. The zero-order chi connectivity index (χ0) is 27.7. The molecular weight excluding hydrogens is 506 g/mol. The highest BCUT2D eigenvalue weighted by Gasteiger charge is 2.26. The maximum absolute atomic E-state index is 15.1. The van der Waals surface area contributed by atoms with Gasteiger partial charge in [0.2, 0.25) is 0 Å². The second-order valence-electron chi connectivity index (χ2n) is 8.71. The van der Waals surface area contributed by atoms with E-state index in [-0.39, 0.29) is 35.7 Å². The van der Waals surface area contributed by atoms with Gasteiger partial charge >= 0.3 is 6.18 Å². The molecule has 1 aromatic heterocycles. The first-order valence-corrected chi connectivity index (χ1v) is 12.1. The smallest absolute Gasteiger partial charge is 0.389 e. The summed E-state index contributed by atoms with van der Waals surface area (Å²) in [5.74, 6) is 4.69. The van der Waals surface area contributed by atoms with Crippen molar-refractivity contribution in [2.45, 2.75) is 50.7 Å². The normalized spacial score (nSPS) is 15.2. The average molecular weight is 538 g/mol. The van der Waals surface area contributed by atoms with Crippen LogP contribution < -0.4 is 27.2 Å². The molecule has 0 amide bonds. The van der Waals surface area contributed by atoms with Gasteiger partial charge in [-0.3, -0.25) is 9.48 Å². The molecule has 0 unspecified atom stereocenters. The second kappa shape index (κ2) is 13.1. The van der Waals surface area contributed by atoms with E-state index in [1.807, 2.05) is 0 Å². The molecule has 1 fully saturated rings. The Bertz CT molecular complexity index is 1200. The monoisotopic (exact) mass is 537 g/mol. The zero-order valence-electron chi connectivity index (χ0n) is 20.9. The Labute approximate surface area is 217 Å². The second-order valence-corrected chi connectivity index (χ2v) is 8.71. The minimum absolute atomic E-state index is 0.00244. The van der Waals surface area contributed by atoms with Crippen LogP contribution in [0.4, 0.5) is 17.6 Å². The van der Waals surface area contributed by atoms with E-state index < -0.39 is 18.4 Å². The third-order valence-electron chi connectivity index (χ3n) is 5.84. The Morgan fingerprint density at radius 1 is 1.26 bits per heavy atom. The predicted molar refractivity (Wildman–Crippen MR) is 136 cm³/mol. The van der Waals surface area contributed by atoms with Gasteiger partial charge in [-0.05, 0) is 56.4 Å². The quantitative estimate of drug-likeness (QED) is 0.0332. The van der Waals surface area contributed by atoms with E-state index in [0.29, 0.717) is 42.1 Å². The van der Waals surface area contributed by atoms with Gasteiger partial charge in [-0.2, -0.15) is 18.3 Å². The van der Waals surface area contributed by atoms with Gasteiger partial charge in [0.1, 0.15) is 11.6 Å². The Morgan fingerprint density at radius 2 is 2.03 bits per heavy atom. The molecule has 1 saturated carbocycles. The van der Waals surface area contributed by atoms with Crippen LogP contribution in [-0.2, 0) is 4.79 Å². The van der Waals surface area contributed by atoms with Crippen molar-refractivity contribution in [3.8, 4) is 5.75 Å². The summed E-state index contributed by atoms with van der Waals surface area (Å²) in [5.41, 5.74) is 9.25. The van der Waals surface area contributed by atoms with E-state index >= 15 is 4.39 Å². The van der Waals surface area contributed by atoms with Crippen molar-refractivity contribution in [2.75, 3.05) is 13.7 Å². The Balaban J connectivity index is 1.84. The number of ether oxygens (including phenoxy) is 1. The van der Waals surface area contributed by atoms with Crippen LogP contribution in [0, 0.1) is 5.82 Å². The zero-order valence-corrected chi connectivity index (χ0v) is 20.9. The lowest BCUT2D eigenvalue weighted by atomic mass is 10.0. The van der Waals surface area contributed by atoms with Gasteiger partial charge in [-0.15, -0.1) is 5.10 Å². The number of hydrogen-bond donors (Lipinski definition) is 4. The predicted octanol–water partition coefficient (Wildman–Crippen LogP) is 3.81. The fourth-order valence-electron chi connectivity index (χ4n) is 3.73. The third-order valence-corrected chi connectivity index (χ3v) is 5.84. The van der Waals surface area contributed by atoms with E-state index in [9.17, 15) is 18.0 Å². The number of hydrazone groups is 1. The maximum Gasteiger partial charge on any atom is 0.389 e. The Kier molecular flexibility index (Phi) is 9.88. The van der Waals surface area contributed by atoms with Crippen molar-refractivity contribution in [3.63, 3.8) is 0 Å². The number of alkyl halides is 3. The Hall–Kier alpha value is -3.87. The lowest BCUT2D eigenvalue weighted by Gasteiger charge is -2.13. The van der Waals surface area contributed by atoms with Crippen molar-refractivity contribution in [1.29, 1.82) is 0 Å². The maximum atomic E-state index is 15.1. The standard InChI is InChI=1S/C25H31F4N7O2/c1-32-23(18-8-7-17(13-21(18)26)38-12-4-2-3-10-25(27,28)29)14-19(20(15-37)24(30)33-35-31)22-9-11-36(34-22)16-5-6-16/h7-9,11,13-16,32,35H,2-6,10,12,31H2,1H3,(H2,30,33)/b20-19-,23-14-. The number of unbranched alkanes of at least 4 members (excludes halogenated alkanes) is 2. The highest BCUT2D eigenvalue weighted by Crippen LogP contribution is 2.35. The molecule has 2 aromatic rings. The molecule has 0 spiro atoms. The number of nitrogens with two attached hydrogens (primary N) is 2. The molecule has 0 saturated heterocycles. The number of aldehydes is 1. The van der Waals surface area contributed by atoms with Crippen molar-refractivity contribution in [2.24, 2.45) is 16.7 Å². The summed E-state index contributed by atoms with van der Waals surface area (Å²) < 4.78 is 59.1. The summed E-state index contributed by atoms with van der Waals surface area (Å²) in [6.45, 7) is 0.165. The number of allylic oxidation sites excluding steroid dienone is 2. The fraction of sp³-hybridized carbons (Fsp3) is 0.400. The molecule has 1 aliphatic carbocycles. The molecule has 1 aromatic carbocycles. The molecule has 0 atom stereocenters. The van der Waals surface area contributed by atoms with Gasteiger partial charge in [-0.1, -0.05) is 0 Å². The van der Waals surface area contributed by atoms with Gasteiger partial charge in [0.25, 0.3) is 0 Å². The minimum Gasteiger partial charge on any atom is -0.493 e. The number of halogens is 4. The highest BCUT2D eigenvalue weighted by molar-refractivity contribution is 6.20. The van der Waals surface area contributed by atoms with Gasteiger partial charge in [-0.25, -0.2) is 15.8 Å².